The molecule has 0 radical (unpaired) electrons. The van der Waals surface area contributed by atoms with Gasteiger partial charge in [-0.2, -0.15) is 17.6 Å². The molecular weight excluding hydrogens is 516 g/mol. The molecule has 0 unspecified atom stereocenters. The second kappa shape index (κ2) is 10.1. The summed E-state index contributed by atoms with van der Waals surface area (Å²) >= 11 is 1.37. The number of aromatic nitrogens is 2. The first-order chi connectivity index (χ1) is 16.9. The van der Waals surface area contributed by atoms with Crippen molar-refractivity contribution in [3.63, 3.8) is 0 Å². The molecule has 1 atom stereocenters. The lowest BCUT2D eigenvalue weighted by Gasteiger charge is -2.17. The summed E-state index contributed by atoms with van der Waals surface area (Å²) in [5.74, 6) is -1.07. The highest BCUT2D eigenvalue weighted by Crippen LogP contribution is 2.32. The second-order valence-corrected chi connectivity index (χ2v) is 11.7. The number of sulfone groups is 1. The summed E-state index contributed by atoms with van der Waals surface area (Å²) < 4.78 is 76.3. The summed E-state index contributed by atoms with van der Waals surface area (Å²) in [6.07, 6.45) is -0.280. The van der Waals surface area contributed by atoms with Crippen LogP contribution in [0.15, 0.2) is 54.9 Å². The van der Waals surface area contributed by atoms with Crippen LogP contribution in [0.25, 0.3) is 21.2 Å². The van der Waals surface area contributed by atoms with Crippen molar-refractivity contribution >= 4 is 37.1 Å². The van der Waals surface area contributed by atoms with Crippen molar-refractivity contribution < 1.29 is 26.0 Å². The van der Waals surface area contributed by atoms with Crippen LogP contribution in [0.3, 0.4) is 0 Å². The monoisotopic (exact) mass is 538 g/mol. The van der Waals surface area contributed by atoms with Crippen LogP contribution in [-0.2, 0) is 28.2 Å². The SMILES string of the molecule is CS(=O)(=O)Cc1cc(C(F)(F)F)ccc1C[C@H](N)CNc1ncc(-c2ccc3cnc(F)cc3c2)s1. The lowest BCUT2D eigenvalue weighted by Crippen LogP contribution is -2.31. The molecule has 2 aromatic carbocycles. The Labute approximate surface area is 209 Å². The van der Waals surface area contributed by atoms with E-state index in [0.29, 0.717) is 16.1 Å². The van der Waals surface area contributed by atoms with E-state index in [1.165, 1.54) is 29.7 Å². The number of thiazole rings is 1. The highest BCUT2D eigenvalue weighted by Gasteiger charge is 2.31. The van der Waals surface area contributed by atoms with Gasteiger partial charge in [-0.25, -0.2) is 18.4 Å². The van der Waals surface area contributed by atoms with Crippen molar-refractivity contribution in [3.05, 3.63) is 77.5 Å². The van der Waals surface area contributed by atoms with Crippen LogP contribution in [0.2, 0.25) is 0 Å². The predicted octanol–water partition coefficient (Wildman–Crippen LogP) is 5.04. The number of pyridine rings is 1. The molecule has 190 valence electrons. The molecule has 2 heterocycles. The Bertz CT molecular complexity index is 1500. The highest BCUT2D eigenvalue weighted by atomic mass is 32.2. The Morgan fingerprint density at radius 3 is 2.53 bits per heavy atom. The normalized spacial score (nSPS) is 13.2. The molecule has 0 aliphatic heterocycles. The van der Waals surface area contributed by atoms with Gasteiger partial charge in [-0.3, -0.25) is 0 Å². The minimum atomic E-state index is -4.58. The van der Waals surface area contributed by atoms with E-state index < -0.39 is 39.3 Å². The molecular formula is C24H22F4N4O2S2. The number of benzene rings is 2. The number of anilines is 1. The lowest BCUT2D eigenvalue weighted by atomic mass is 9.99. The lowest BCUT2D eigenvalue weighted by molar-refractivity contribution is -0.137. The van der Waals surface area contributed by atoms with Crippen LogP contribution < -0.4 is 11.1 Å². The van der Waals surface area contributed by atoms with Gasteiger partial charge in [0.25, 0.3) is 0 Å². The van der Waals surface area contributed by atoms with Gasteiger partial charge in [-0.05, 0) is 46.7 Å². The first kappa shape index (κ1) is 26.0. The maximum absolute atomic E-state index is 13.5. The molecule has 0 bridgehead atoms. The Kier molecular flexibility index (Phi) is 7.30. The van der Waals surface area contributed by atoms with E-state index in [-0.39, 0.29) is 18.5 Å². The standard InChI is InChI=1S/C24H22F4N4O2S2/c1-36(33,34)13-18-7-19(24(26,27)28)5-4-14(18)8-20(29)11-31-23-32-12-21(35-23)15-2-3-16-10-30-22(25)9-17(16)6-15/h2-7,9-10,12,20H,8,11,13,29H2,1H3,(H,31,32)/t20-/m0/s1. The first-order valence-electron chi connectivity index (χ1n) is 10.7. The predicted molar refractivity (Wildman–Crippen MR) is 133 cm³/mol. The number of nitrogens with one attached hydrogen (secondary N) is 1. The van der Waals surface area contributed by atoms with Crippen molar-refractivity contribution in [2.24, 2.45) is 5.73 Å². The third-order valence-corrected chi connectivity index (χ3v) is 7.27. The second-order valence-electron chi connectivity index (χ2n) is 8.50. The van der Waals surface area contributed by atoms with E-state index in [1.807, 2.05) is 18.2 Å². The van der Waals surface area contributed by atoms with E-state index in [9.17, 15) is 26.0 Å². The van der Waals surface area contributed by atoms with Crippen molar-refractivity contribution in [3.8, 4) is 10.4 Å². The van der Waals surface area contributed by atoms with Crippen LogP contribution >= 0.6 is 11.3 Å². The van der Waals surface area contributed by atoms with E-state index >= 15 is 0 Å². The van der Waals surface area contributed by atoms with Crippen LogP contribution in [0, 0.1) is 5.95 Å². The van der Waals surface area contributed by atoms with Gasteiger partial charge in [-0.1, -0.05) is 29.5 Å². The van der Waals surface area contributed by atoms with Gasteiger partial charge in [0.2, 0.25) is 5.95 Å². The van der Waals surface area contributed by atoms with Crippen LogP contribution in [-0.4, -0.2) is 37.2 Å². The van der Waals surface area contributed by atoms with Gasteiger partial charge in [0, 0.05) is 42.7 Å². The molecule has 0 saturated heterocycles. The van der Waals surface area contributed by atoms with Crippen LogP contribution in [0.1, 0.15) is 16.7 Å². The third-order valence-electron chi connectivity index (χ3n) is 5.43. The summed E-state index contributed by atoms with van der Waals surface area (Å²) in [4.78, 5) is 8.83. The molecule has 0 aliphatic rings. The molecule has 0 saturated carbocycles. The van der Waals surface area contributed by atoms with Crippen molar-refractivity contribution in [2.75, 3.05) is 18.1 Å². The number of alkyl halides is 3. The highest BCUT2D eigenvalue weighted by molar-refractivity contribution is 7.89. The summed E-state index contributed by atoms with van der Waals surface area (Å²) in [6, 6.07) is 9.51. The number of hydrogen-bond donors (Lipinski definition) is 2. The van der Waals surface area contributed by atoms with Crippen molar-refractivity contribution in [1.82, 2.24) is 9.97 Å². The van der Waals surface area contributed by atoms with E-state index in [0.717, 1.165) is 34.2 Å². The first-order valence-corrected chi connectivity index (χ1v) is 13.6. The molecule has 0 amide bonds. The molecule has 2 aromatic heterocycles. The van der Waals surface area contributed by atoms with Gasteiger partial charge >= 0.3 is 6.18 Å². The molecule has 6 nitrogen and oxygen atoms in total. The number of hydrogen-bond acceptors (Lipinski definition) is 7. The van der Waals surface area contributed by atoms with Crippen molar-refractivity contribution in [1.29, 1.82) is 0 Å². The summed E-state index contributed by atoms with van der Waals surface area (Å²) in [5.41, 5.74) is 6.69. The minimum Gasteiger partial charge on any atom is -0.360 e. The summed E-state index contributed by atoms with van der Waals surface area (Å²) in [6.45, 7) is 0.265. The Hall–Kier alpha value is -3.09. The molecule has 0 aliphatic carbocycles. The number of nitrogens with zero attached hydrogens (tertiary/aromatic N) is 2. The minimum absolute atomic E-state index is 0.0854. The van der Waals surface area contributed by atoms with Gasteiger partial charge in [0.15, 0.2) is 15.0 Å². The molecule has 36 heavy (non-hydrogen) atoms. The Morgan fingerprint density at radius 2 is 1.81 bits per heavy atom. The number of nitrogens with two attached hydrogens (primary N) is 1. The van der Waals surface area contributed by atoms with Gasteiger partial charge in [-0.15, -0.1) is 0 Å². The van der Waals surface area contributed by atoms with Gasteiger partial charge in [0.05, 0.1) is 16.2 Å². The quantitative estimate of drug-likeness (QED) is 0.241. The fourth-order valence-corrected chi connectivity index (χ4v) is 5.40. The van der Waals surface area contributed by atoms with Gasteiger partial charge in [0.1, 0.15) is 0 Å². The average Bonchev–Trinajstić information content (AvgIpc) is 3.26. The topological polar surface area (TPSA) is 98.0 Å². The van der Waals surface area contributed by atoms with Crippen molar-refractivity contribution in [2.45, 2.75) is 24.4 Å². The zero-order chi connectivity index (χ0) is 26.1. The zero-order valence-electron chi connectivity index (χ0n) is 19.0. The smallest absolute Gasteiger partial charge is 0.360 e. The third kappa shape index (κ3) is 6.56. The molecule has 4 rings (SSSR count). The van der Waals surface area contributed by atoms with Crippen LogP contribution in [0.4, 0.5) is 22.7 Å². The zero-order valence-corrected chi connectivity index (χ0v) is 20.6. The fraction of sp³-hybridized carbons (Fsp3) is 0.250. The van der Waals surface area contributed by atoms with E-state index in [4.69, 9.17) is 5.73 Å². The van der Waals surface area contributed by atoms with E-state index in [2.05, 4.69) is 15.3 Å². The summed E-state index contributed by atoms with van der Waals surface area (Å²) in [7, 11) is -3.55. The number of halogens is 4. The number of fused-ring (bicyclic) bond motifs is 1. The van der Waals surface area contributed by atoms with E-state index in [1.54, 1.807) is 6.20 Å². The number of rotatable bonds is 8. The Balaban J connectivity index is 1.44. The maximum Gasteiger partial charge on any atom is 0.416 e. The van der Waals surface area contributed by atoms with Crippen LogP contribution in [0.5, 0.6) is 0 Å². The summed E-state index contributed by atoms with van der Waals surface area (Å²) in [5, 5.41) is 5.23. The largest absolute Gasteiger partial charge is 0.416 e. The van der Waals surface area contributed by atoms with Gasteiger partial charge < -0.3 is 11.1 Å². The molecule has 0 fully saturated rings. The maximum atomic E-state index is 13.5. The fourth-order valence-electron chi connectivity index (χ4n) is 3.75. The molecule has 12 heteroatoms. The average molecular weight is 539 g/mol. The molecule has 3 N–H and O–H groups in total. The molecule has 4 aromatic rings. The Morgan fingerprint density at radius 1 is 1.03 bits per heavy atom. The molecule has 0 spiro atoms.